The molecule has 1 aromatic rings. The van der Waals surface area contributed by atoms with Crippen LogP contribution in [0.4, 0.5) is 4.79 Å². The topological polar surface area (TPSA) is 41.6 Å². The lowest BCUT2D eigenvalue weighted by Gasteiger charge is -2.32. The summed E-state index contributed by atoms with van der Waals surface area (Å²) in [5, 5.41) is 3.42. The molecule has 23 heavy (non-hydrogen) atoms. The number of nitrogens with zero attached hydrogens (tertiary/aromatic N) is 1. The first-order valence-electron chi connectivity index (χ1n) is 8.73. The van der Waals surface area contributed by atoms with E-state index in [-0.39, 0.29) is 6.09 Å². The van der Waals surface area contributed by atoms with Gasteiger partial charge in [0.05, 0.1) is 0 Å². The molecule has 0 aliphatic carbocycles. The zero-order valence-electron chi connectivity index (χ0n) is 14.5. The maximum Gasteiger partial charge on any atom is 0.410 e. The van der Waals surface area contributed by atoms with Crippen molar-refractivity contribution in [3.63, 3.8) is 0 Å². The highest BCUT2D eigenvalue weighted by Gasteiger charge is 2.26. The van der Waals surface area contributed by atoms with Crippen molar-refractivity contribution in [1.82, 2.24) is 10.2 Å². The molecule has 0 saturated carbocycles. The van der Waals surface area contributed by atoms with E-state index in [1.54, 1.807) is 0 Å². The molecule has 126 valence electrons. The van der Waals surface area contributed by atoms with E-state index in [1.807, 2.05) is 25.7 Å². The number of ether oxygens (including phenoxy) is 1. The van der Waals surface area contributed by atoms with Gasteiger partial charge in [0, 0.05) is 13.1 Å². The monoisotopic (exact) mass is 316 g/mol. The van der Waals surface area contributed by atoms with Crippen LogP contribution in [0.25, 0.3) is 0 Å². The largest absolute Gasteiger partial charge is 0.444 e. The Kier molecular flexibility index (Phi) is 4.62. The number of carbonyl (C=O) groups excluding carboxylic acids is 1. The highest BCUT2D eigenvalue weighted by Crippen LogP contribution is 2.29. The van der Waals surface area contributed by atoms with Crippen molar-refractivity contribution in [2.24, 2.45) is 0 Å². The highest BCUT2D eigenvalue weighted by atomic mass is 16.6. The molecule has 0 bridgehead atoms. The van der Waals surface area contributed by atoms with Crippen LogP contribution in [0.3, 0.4) is 0 Å². The fourth-order valence-electron chi connectivity index (χ4n) is 3.47. The Morgan fingerprint density at radius 3 is 2.65 bits per heavy atom. The van der Waals surface area contributed by atoms with Gasteiger partial charge in [0.15, 0.2) is 0 Å². The first-order valence-corrected chi connectivity index (χ1v) is 8.73. The van der Waals surface area contributed by atoms with Crippen molar-refractivity contribution in [2.45, 2.75) is 58.1 Å². The summed E-state index contributed by atoms with van der Waals surface area (Å²) >= 11 is 0. The predicted molar refractivity (Wildman–Crippen MR) is 91.6 cm³/mol. The van der Waals surface area contributed by atoms with E-state index in [0.717, 1.165) is 26.1 Å². The van der Waals surface area contributed by atoms with Crippen molar-refractivity contribution in [3.05, 3.63) is 34.9 Å². The molecular weight excluding hydrogens is 288 g/mol. The first kappa shape index (κ1) is 16.3. The predicted octanol–water partition coefficient (Wildman–Crippen LogP) is 3.45. The van der Waals surface area contributed by atoms with Crippen LogP contribution in [-0.2, 0) is 17.7 Å². The lowest BCUT2D eigenvalue weighted by atomic mass is 9.87. The smallest absolute Gasteiger partial charge is 0.410 e. The number of amides is 1. The standard InChI is InChI=1S/C19H28N2O2/c1-19(2,3)23-18(22)21-11-8-14-4-5-16(12-17(14)13-21)15-6-9-20-10-7-15/h4-5,12,15,20H,6-11,13H2,1-3H3. The SMILES string of the molecule is CC(C)(C)OC(=O)N1CCc2ccc(C3CCNCC3)cc2C1. The molecule has 0 radical (unpaired) electrons. The van der Waals surface area contributed by atoms with E-state index >= 15 is 0 Å². The third kappa shape index (κ3) is 4.05. The Bertz CT molecular complexity index is 571. The molecule has 0 spiro atoms. The number of fused-ring (bicyclic) bond motifs is 1. The highest BCUT2D eigenvalue weighted by molar-refractivity contribution is 5.68. The molecule has 2 aliphatic rings. The lowest BCUT2D eigenvalue weighted by Crippen LogP contribution is -2.40. The van der Waals surface area contributed by atoms with E-state index in [0.29, 0.717) is 12.5 Å². The molecule has 0 aromatic heterocycles. The number of nitrogens with one attached hydrogen (secondary N) is 1. The first-order chi connectivity index (χ1) is 10.9. The maximum atomic E-state index is 12.3. The number of hydrogen-bond acceptors (Lipinski definition) is 3. The second kappa shape index (κ2) is 6.52. The Morgan fingerprint density at radius 1 is 1.22 bits per heavy atom. The van der Waals surface area contributed by atoms with E-state index in [1.165, 1.54) is 29.5 Å². The molecule has 0 atom stereocenters. The summed E-state index contributed by atoms with van der Waals surface area (Å²) in [4.78, 5) is 14.1. The summed E-state index contributed by atoms with van der Waals surface area (Å²) in [6.07, 6.45) is 3.12. The van der Waals surface area contributed by atoms with Gasteiger partial charge in [-0.2, -0.15) is 0 Å². The molecule has 0 unspecified atom stereocenters. The van der Waals surface area contributed by atoms with Crippen molar-refractivity contribution in [2.75, 3.05) is 19.6 Å². The average Bonchev–Trinajstić information content (AvgIpc) is 2.53. The van der Waals surface area contributed by atoms with Gasteiger partial charge in [0.2, 0.25) is 0 Å². The minimum atomic E-state index is -0.436. The number of piperidine rings is 1. The number of benzene rings is 1. The molecule has 4 heteroatoms. The van der Waals surface area contributed by atoms with Gasteiger partial charge in [-0.05, 0) is 75.7 Å². The molecule has 2 heterocycles. The van der Waals surface area contributed by atoms with Crippen LogP contribution in [0.15, 0.2) is 18.2 Å². The molecule has 1 aromatic carbocycles. The quantitative estimate of drug-likeness (QED) is 0.863. The zero-order chi connectivity index (χ0) is 16.4. The summed E-state index contributed by atoms with van der Waals surface area (Å²) in [5.74, 6) is 0.651. The van der Waals surface area contributed by atoms with Crippen LogP contribution in [-0.4, -0.2) is 36.2 Å². The van der Waals surface area contributed by atoms with Crippen molar-refractivity contribution >= 4 is 6.09 Å². The number of carbonyl (C=O) groups is 1. The van der Waals surface area contributed by atoms with E-state index < -0.39 is 5.60 Å². The Balaban J connectivity index is 1.72. The van der Waals surface area contributed by atoms with Gasteiger partial charge >= 0.3 is 6.09 Å². The fraction of sp³-hybridized carbons (Fsp3) is 0.632. The minimum Gasteiger partial charge on any atom is -0.444 e. The zero-order valence-corrected chi connectivity index (χ0v) is 14.5. The maximum absolute atomic E-state index is 12.3. The summed E-state index contributed by atoms with van der Waals surface area (Å²) in [6, 6.07) is 6.87. The molecule has 1 amide bonds. The van der Waals surface area contributed by atoms with Gasteiger partial charge in [-0.15, -0.1) is 0 Å². The third-order valence-corrected chi connectivity index (χ3v) is 4.70. The van der Waals surface area contributed by atoms with Crippen LogP contribution in [0.1, 0.15) is 56.2 Å². The summed E-state index contributed by atoms with van der Waals surface area (Å²) in [7, 11) is 0. The van der Waals surface area contributed by atoms with E-state index in [4.69, 9.17) is 4.74 Å². The molecule has 2 aliphatic heterocycles. The van der Waals surface area contributed by atoms with Crippen LogP contribution < -0.4 is 5.32 Å². The van der Waals surface area contributed by atoms with Crippen LogP contribution in [0.5, 0.6) is 0 Å². The number of hydrogen-bond donors (Lipinski definition) is 1. The van der Waals surface area contributed by atoms with Crippen LogP contribution in [0, 0.1) is 0 Å². The Hall–Kier alpha value is -1.55. The molecule has 4 nitrogen and oxygen atoms in total. The van der Waals surface area contributed by atoms with Crippen LogP contribution in [0.2, 0.25) is 0 Å². The third-order valence-electron chi connectivity index (χ3n) is 4.70. The fourth-order valence-corrected chi connectivity index (χ4v) is 3.47. The average molecular weight is 316 g/mol. The lowest BCUT2D eigenvalue weighted by molar-refractivity contribution is 0.0224. The van der Waals surface area contributed by atoms with Crippen molar-refractivity contribution < 1.29 is 9.53 Å². The van der Waals surface area contributed by atoms with Gasteiger partial charge < -0.3 is 15.0 Å². The van der Waals surface area contributed by atoms with E-state index in [9.17, 15) is 4.79 Å². The van der Waals surface area contributed by atoms with Crippen molar-refractivity contribution in [1.29, 1.82) is 0 Å². The molecule has 1 fully saturated rings. The second-order valence-corrected chi connectivity index (χ2v) is 7.70. The van der Waals surface area contributed by atoms with Gasteiger partial charge in [-0.1, -0.05) is 18.2 Å². The van der Waals surface area contributed by atoms with E-state index in [2.05, 4.69) is 23.5 Å². The van der Waals surface area contributed by atoms with Gasteiger partial charge in [0.25, 0.3) is 0 Å². The number of rotatable bonds is 1. The van der Waals surface area contributed by atoms with Gasteiger partial charge in [-0.3, -0.25) is 0 Å². The molecule has 1 saturated heterocycles. The normalized spacial score (nSPS) is 19.3. The van der Waals surface area contributed by atoms with Crippen LogP contribution >= 0.6 is 0 Å². The minimum absolute atomic E-state index is 0.199. The summed E-state index contributed by atoms with van der Waals surface area (Å²) < 4.78 is 5.52. The molecular formula is C19H28N2O2. The molecule has 3 rings (SSSR count). The van der Waals surface area contributed by atoms with Gasteiger partial charge in [0.1, 0.15) is 5.60 Å². The van der Waals surface area contributed by atoms with Gasteiger partial charge in [-0.25, -0.2) is 4.79 Å². The molecule has 1 N–H and O–H groups in total. The summed E-state index contributed by atoms with van der Waals surface area (Å²) in [5.41, 5.74) is 3.66. The Labute approximate surface area is 139 Å². The second-order valence-electron chi connectivity index (χ2n) is 7.70. The Morgan fingerprint density at radius 2 is 1.96 bits per heavy atom. The summed E-state index contributed by atoms with van der Waals surface area (Å²) in [6.45, 7) is 9.36. The van der Waals surface area contributed by atoms with Crippen molar-refractivity contribution in [3.8, 4) is 0 Å².